The van der Waals surface area contributed by atoms with Crippen molar-refractivity contribution in [2.24, 2.45) is 0 Å². The summed E-state index contributed by atoms with van der Waals surface area (Å²) in [4.78, 5) is 0. The normalized spacial score (nSPS) is 11.2. The summed E-state index contributed by atoms with van der Waals surface area (Å²) in [5.41, 5.74) is 18.1. The number of hydrogen-bond acceptors (Lipinski definition) is 2. The Morgan fingerprint density at radius 2 is 0.894 bits per heavy atom. The molecule has 244 valence electrons. The minimum Gasteiger partial charge on any atom is -0.491 e. The lowest BCUT2D eigenvalue weighted by Gasteiger charge is -2.21. The van der Waals surface area contributed by atoms with E-state index >= 15 is 0 Å². The summed E-state index contributed by atoms with van der Waals surface area (Å²) in [6.07, 6.45) is 0.525. The first-order chi connectivity index (χ1) is 21.8. The molecule has 3 rings (SSSR count). The monoisotopic (exact) mass is 656 g/mol. The van der Waals surface area contributed by atoms with E-state index in [-0.39, 0.29) is 12.0 Å². The van der Waals surface area contributed by atoms with Gasteiger partial charge in [0, 0.05) is 35.3 Å². The Morgan fingerprint density at radius 1 is 0.553 bits per heavy atom. The number of ether oxygens (including phenoxy) is 1. The largest absolute Gasteiger partial charge is 0.491 e. The lowest BCUT2D eigenvalue weighted by Crippen LogP contribution is -2.16. The van der Waals surface area contributed by atoms with Crippen molar-refractivity contribution in [3.63, 3.8) is 0 Å². The molecule has 3 aromatic rings. The summed E-state index contributed by atoms with van der Waals surface area (Å²) in [5, 5.41) is 9.51. The Balaban J connectivity index is 2.20. The highest BCUT2D eigenvalue weighted by atomic mass is 28.3. The third-order valence-corrected chi connectivity index (χ3v) is 9.20. The third kappa shape index (κ3) is 11.4. The van der Waals surface area contributed by atoms with E-state index in [1.165, 1.54) is 0 Å². The van der Waals surface area contributed by atoms with Gasteiger partial charge in [-0.15, -0.1) is 11.1 Å². The van der Waals surface area contributed by atoms with Crippen LogP contribution in [0.1, 0.15) is 88.4 Å². The number of rotatable bonds is 4. The minimum atomic E-state index is -1.48. The van der Waals surface area contributed by atoms with Crippen molar-refractivity contribution in [2.45, 2.75) is 99.6 Å². The first kappa shape index (κ1) is 37.6. The zero-order valence-electron chi connectivity index (χ0n) is 30.9. The first-order valence-electron chi connectivity index (χ1n) is 16.5. The van der Waals surface area contributed by atoms with Crippen molar-refractivity contribution in [2.75, 3.05) is 13.2 Å². The van der Waals surface area contributed by atoms with E-state index in [1.54, 1.807) is 0 Å². The molecule has 0 unspecified atom stereocenters. The summed E-state index contributed by atoms with van der Waals surface area (Å²) < 4.78 is 6.33. The molecule has 1 N–H and O–H groups in total. The smallest absolute Gasteiger partial charge is 0.150 e. The molecule has 47 heavy (non-hydrogen) atoms. The molecular weight excluding hydrogens is 605 g/mol. The average molecular weight is 657 g/mol. The summed E-state index contributed by atoms with van der Waals surface area (Å²) in [6, 6.07) is 12.8. The van der Waals surface area contributed by atoms with E-state index in [4.69, 9.17) is 4.74 Å². The maximum atomic E-state index is 9.51. The van der Waals surface area contributed by atoms with Gasteiger partial charge in [0.1, 0.15) is 16.1 Å². The van der Waals surface area contributed by atoms with Gasteiger partial charge in [-0.3, -0.25) is 0 Å². The molecule has 0 heterocycles. The van der Waals surface area contributed by atoms with E-state index in [1.807, 2.05) is 0 Å². The molecule has 0 fully saturated rings. The number of benzene rings is 3. The van der Waals surface area contributed by atoms with E-state index < -0.39 is 16.1 Å². The van der Waals surface area contributed by atoms with Crippen LogP contribution < -0.4 is 4.74 Å². The molecule has 0 saturated carbocycles. The number of aliphatic hydroxyl groups excluding tert-OH is 1. The molecule has 2 nitrogen and oxygen atoms in total. The summed E-state index contributed by atoms with van der Waals surface area (Å²) in [6.45, 7) is 29.0. The van der Waals surface area contributed by atoms with Gasteiger partial charge in [0.2, 0.25) is 0 Å². The van der Waals surface area contributed by atoms with Crippen LogP contribution in [0.4, 0.5) is 0 Å². The van der Waals surface area contributed by atoms with Crippen LogP contribution in [-0.2, 0) is 5.41 Å². The van der Waals surface area contributed by atoms with Crippen LogP contribution in [0.2, 0.25) is 39.3 Å². The minimum absolute atomic E-state index is 0.0545. The Kier molecular flexibility index (Phi) is 12.2. The second-order valence-electron chi connectivity index (χ2n) is 15.5. The third-order valence-electron chi connectivity index (χ3n) is 7.45. The second kappa shape index (κ2) is 15.3. The van der Waals surface area contributed by atoms with Crippen LogP contribution >= 0.6 is 0 Å². The number of hydrogen-bond donors (Lipinski definition) is 1. The number of aryl methyl sites for hydroxylation is 4. The topological polar surface area (TPSA) is 29.5 Å². The molecule has 3 aromatic carbocycles. The standard InChI is InChI=1S/C43H52O2Si2/c1-31-27-37(19-23-46(8,9)10)33(3)25-35(31)15-17-39-29-41(43(5,6)7)30-40(42(39)45-22-14-21-44)18-16-36-26-34(4)38(28-32(36)2)20-24-47(11,12)13/h25-30,44H,14,21-22H2,1-13H3. The SMILES string of the molecule is Cc1cc(C#C[Si](C)(C)C)c(C)cc1C#Cc1cc(C(C)(C)C)cc(C#Cc2cc(C)c(C#C[Si](C)(C)C)cc2C)c1OCCCO. The van der Waals surface area contributed by atoms with Crippen molar-refractivity contribution in [3.05, 3.63) is 97.6 Å². The highest BCUT2D eigenvalue weighted by Crippen LogP contribution is 2.32. The fraction of sp³-hybridized carbons (Fsp3) is 0.395. The van der Waals surface area contributed by atoms with Gasteiger partial charge in [0.05, 0.1) is 17.7 Å². The van der Waals surface area contributed by atoms with Gasteiger partial charge in [-0.25, -0.2) is 0 Å². The molecule has 0 aliphatic carbocycles. The van der Waals surface area contributed by atoms with Crippen LogP contribution in [0.3, 0.4) is 0 Å². The maximum Gasteiger partial charge on any atom is 0.150 e. The summed E-state index contributed by atoms with van der Waals surface area (Å²) in [7, 11) is -2.96. The molecule has 0 spiro atoms. The van der Waals surface area contributed by atoms with E-state index in [9.17, 15) is 5.11 Å². The van der Waals surface area contributed by atoms with Crippen LogP contribution in [0.25, 0.3) is 0 Å². The van der Waals surface area contributed by atoms with Gasteiger partial charge in [-0.2, -0.15) is 0 Å². The molecule has 0 aliphatic heterocycles. The molecule has 0 amide bonds. The molecule has 0 saturated heterocycles. The molecule has 0 bridgehead atoms. The Bertz CT molecular complexity index is 1770. The lowest BCUT2D eigenvalue weighted by molar-refractivity contribution is 0.233. The second-order valence-corrected chi connectivity index (χ2v) is 25.0. The van der Waals surface area contributed by atoms with Gasteiger partial charge in [-0.05, 0) is 97.3 Å². The molecule has 4 heteroatoms. The molecule has 0 aliphatic rings. The first-order valence-corrected chi connectivity index (χ1v) is 23.5. The highest BCUT2D eigenvalue weighted by molar-refractivity contribution is 6.84. The van der Waals surface area contributed by atoms with E-state index in [0.29, 0.717) is 18.8 Å². The van der Waals surface area contributed by atoms with Gasteiger partial charge < -0.3 is 9.84 Å². The van der Waals surface area contributed by atoms with Crippen molar-refractivity contribution in [3.8, 4) is 52.4 Å². The van der Waals surface area contributed by atoms with Crippen LogP contribution in [0.5, 0.6) is 5.75 Å². The summed E-state index contributed by atoms with van der Waals surface area (Å²) >= 11 is 0. The fourth-order valence-corrected chi connectivity index (χ4v) is 5.61. The Morgan fingerprint density at radius 3 is 1.21 bits per heavy atom. The van der Waals surface area contributed by atoms with E-state index in [0.717, 1.165) is 61.2 Å². The highest BCUT2D eigenvalue weighted by Gasteiger charge is 2.19. The zero-order valence-corrected chi connectivity index (χ0v) is 32.9. The molecule has 0 radical (unpaired) electrons. The predicted molar refractivity (Wildman–Crippen MR) is 207 cm³/mol. The van der Waals surface area contributed by atoms with Crippen LogP contribution in [0.15, 0.2) is 36.4 Å². The van der Waals surface area contributed by atoms with E-state index in [2.05, 4.69) is 171 Å². The van der Waals surface area contributed by atoms with Crippen molar-refractivity contribution in [1.29, 1.82) is 0 Å². The van der Waals surface area contributed by atoms with Gasteiger partial charge >= 0.3 is 0 Å². The quantitative estimate of drug-likeness (QED) is 0.172. The summed E-state index contributed by atoms with van der Waals surface area (Å²) in [5.74, 6) is 21.3. The fourth-order valence-electron chi connectivity index (χ4n) is 4.59. The molecular formula is C43H52O2Si2. The Hall–Kier alpha value is -3.91. The molecule has 0 atom stereocenters. The maximum absolute atomic E-state index is 9.51. The van der Waals surface area contributed by atoms with Gasteiger partial charge in [0.25, 0.3) is 0 Å². The van der Waals surface area contributed by atoms with Gasteiger partial charge in [0.15, 0.2) is 5.75 Å². The van der Waals surface area contributed by atoms with Crippen molar-refractivity contribution < 1.29 is 9.84 Å². The predicted octanol–water partition coefficient (Wildman–Crippen LogP) is 9.24. The lowest BCUT2D eigenvalue weighted by atomic mass is 9.84. The molecule has 0 aromatic heterocycles. The van der Waals surface area contributed by atoms with Gasteiger partial charge in [-0.1, -0.05) is 95.6 Å². The number of aliphatic hydroxyl groups is 1. The van der Waals surface area contributed by atoms with Crippen molar-refractivity contribution in [1.82, 2.24) is 0 Å². The van der Waals surface area contributed by atoms with Crippen LogP contribution in [0, 0.1) is 74.3 Å². The average Bonchev–Trinajstić information content (AvgIpc) is 2.95. The van der Waals surface area contributed by atoms with Crippen LogP contribution in [-0.4, -0.2) is 34.5 Å². The Labute approximate surface area is 287 Å². The zero-order chi connectivity index (χ0) is 35.2. The van der Waals surface area contributed by atoms with Crippen molar-refractivity contribution >= 4 is 16.1 Å².